The third kappa shape index (κ3) is 5.29. The van der Waals surface area contributed by atoms with Crippen molar-refractivity contribution in [2.75, 3.05) is 49.1 Å². The molecule has 0 aromatic heterocycles. The predicted octanol–water partition coefficient (Wildman–Crippen LogP) is 4.76. The first-order chi connectivity index (χ1) is 21.8. The van der Waals surface area contributed by atoms with Crippen molar-refractivity contribution in [2.45, 2.75) is 37.5 Å². The van der Waals surface area contributed by atoms with Gasteiger partial charge in [-0.25, -0.2) is 9.69 Å². The molecule has 0 bridgehead atoms. The van der Waals surface area contributed by atoms with Gasteiger partial charge in [-0.2, -0.15) is 0 Å². The van der Waals surface area contributed by atoms with Crippen molar-refractivity contribution < 1.29 is 38.8 Å². The molecule has 3 aromatic carbocycles. The number of amides is 3. The van der Waals surface area contributed by atoms with Crippen LogP contribution in [0.5, 0.6) is 17.2 Å². The van der Waals surface area contributed by atoms with Crippen molar-refractivity contribution in [3.8, 4) is 17.2 Å². The number of ether oxygens (including phenoxy) is 3. The average Bonchev–Trinajstić information content (AvgIpc) is 3.67. The Labute approximate surface area is 265 Å². The number of aliphatic hydroxyl groups is 1. The quantitative estimate of drug-likeness (QED) is 0.268. The summed E-state index contributed by atoms with van der Waals surface area (Å²) in [6.45, 7) is 4.24. The zero-order valence-corrected chi connectivity index (χ0v) is 25.5. The first-order valence-corrected chi connectivity index (χ1v) is 15.3. The van der Waals surface area contributed by atoms with Gasteiger partial charge in [0.05, 0.1) is 43.1 Å². The van der Waals surface area contributed by atoms with Gasteiger partial charge < -0.3 is 34.2 Å². The highest BCUT2D eigenvalue weighted by Gasteiger charge is 2.45. The molecular weight excluding hydrogens is 602 g/mol. The van der Waals surface area contributed by atoms with Crippen LogP contribution in [0.2, 0.25) is 0 Å². The Hall–Kier alpha value is -4.48. The molecule has 3 heterocycles. The number of phenols is 1. The van der Waals surface area contributed by atoms with Gasteiger partial charge in [-0.15, -0.1) is 11.6 Å². The molecule has 3 aliphatic heterocycles. The number of methoxy groups -OCH3 is 1. The second-order valence-electron chi connectivity index (χ2n) is 11.2. The van der Waals surface area contributed by atoms with Gasteiger partial charge in [-0.1, -0.05) is 36.9 Å². The Morgan fingerprint density at radius 3 is 2.64 bits per heavy atom. The lowest BCUT2D eigenvalue weighted by Gasteiger charge is -2.31. The highest BCUT2D eigenvalue weighted by atomic mass is 35.5. The van der Waals surface area contributed by atoms with E-state index in [0.717, 1.165) is 15.8 Å². The van der Waals surface area contributed by atoms with Crippen LogP contribution in [0, 0.1) is 0 Å². The number of rotatable bonds is 8. The van der Waals surface area contributed by atoms with Crippen molar-refractivity contribution >= 4 is 51.7 Å². The zero-order valence-electron chi connectivity index (χ0n) is 24.8. The molecule has 11 nitrogen and oxygen atoms in total. The van der Waals surface area contributed by atoms with E-state index in [-0.39, 0.29) is 65.9 Å². The molecule has 1 fully saturated rings. The fourth-order valence-corrected chi connectivity index (χ4v) is 6.85. The monoisotopic (exact) mass is 635 g/mol. The standard InChI is InChI=1S/C33H34ClN3O8/c1-3-12-45-33(42)37-24-16-28(27(43-2)14-22(24)31(40)35-11-6-9-23(35)32(37)41)44-13-10-29(39)36-18-19(17-34)30-21-8-5-4-7-20(21)26(38)15-25(30)36/h3-5,7-8,14-16,19,23,32,38,41H,1,6,9-13,17-18H2,2H3/t19-,23+,32?/m1/s1. The molecule has 2 N–H and O–H groups in total. The van der Waals surface area contributed by atoms with Crippen LogP contribution in [0.4, 0.5) is 16.2 Å². The largest absolute Gasteiger partial charge is 0.507 e. The number of alkyl halides is 1. The molecule has 45 heavy (non-hydrogen) atoms. The Morgan fingerprint density at radius 2 is 1.91 bits per heavy atom. The minimum Gasteiger partial charge on any atom is -0.507 e. The van der Waals surface area contributed by atoms with Crippen molar-refractivity contribution in [1.82, 2.24) is 4.90 Å². The van der Waals surface area contributed by atoms with Crippen LogP contribution in [0.15, 0.2) is 55.1 Å². The molecule has 6 rings (SSSR count). The lowest BCUT2D eigenvalue weighted by molar-refractivity contribution is -0.119. The van der Waals surface area contributed by atoms with E-state index in [4.69, 9.17) is 25.8 Å². The van der Waals surface area contributed by atoms with E-state index in [1.54, 1.807) is 15.9 Å². The Bertz CT molecular complexity index is 1680. The number of phenolic OH excluding ortho intramolecular Hbond substituents is 1. The molecule has 236 valence electrons. The predicted molar refractivity (Wildman–Crippen MR) is 169 cm³/mol. The Balaban J connectivity index is 1.26. The molecule has 0 spiro atoms. The van der Waals surface area contributed by atoms with Crippen molar-refractivity contribution in [3.63, 3.8) is 0 Å². The molecular formula is C33H34ClN3O8. The van der Waals surface area contributed by atoms with Crippen molar-refractivity contribution in [3.05, 3.63) is 66.2 Å². The molecule has 1 saturated heterocycles. The molecule has 12 heteroatoms. The van der Waals surface area contributed by atoms with Gasteiger partial charge in [0, 0.05) is 42.4 Å². The lowest BCUT2D eigenvalue weighted by atomic mass is 9.95. The van der Waals surface area contributed by atoms with Crippen LogP contribution < -0.4 is 19.3 Å². The second kappa shape index (κ2) is 12.5. The van der Waals surface area contributed by atoms with Gasteiger partial charge in [0.15, 0.2) is 17.7 Å². The molecule has 3 amide bonds. The number of aliphatic hydroxyl groups excluding tert-OH is 1. The van der Waals surface area contributed by atoms with Gasteiger partial charge in [0.1, 0.15) is 12.4 Å². The van der Waals surface area contributed by atoms with E-state index in [1.165, 1.54) is 25.3 Å². The number of aromatic hydroxyl groups is 1. The minimum atomic E-state index is -1.35. The van der Waals surface area contributed by atoms with Crippen LogP contribution in [0.1, 0.15) is 41.1 Å². The van der Waals surface area contributed by atoms with Crippen LogP contribution in [-0.4, -0.2) is 84.6 Å². The van der Waals surface area contributed by atoms with Crippen molar-refractivity contribution in [1.29, 1.82) is 0 Å². The van der Waals surface area contributed by atoms with Crippen LogP contribution in [0.3, 0.4) is 0 Å². The van der Waals surface area contributed by atoms with Gasteiger partial charge in [-0.05, 0) is 29.9 Å². The number of halogens is 1. The normalized spacial score (nSPS) is 20.4. The third-order valence-corrected chi connectivity index (χ3v) is 9.04. The molecule has 1 unspecified atom stereocenters. The summed E-state index contributed by atoms with van der Waals surface area (Å²) >= 11 is 6.32. The summed E-state index contributed by atoms with van der Waals surface area (Å²) in [5.41, 5.74) is 1.81. The van der Waals surface area contributed by atoms with Crippen LogP contribution in [-0.2, 0) is 9.53 Å². The fourth-order valence-electron chi connectivity index (χ4n) is 6.59. The maximum Gasteiger partial charge on any atom is 0.416 e. The van der Waals surface area contributed by atoms with E-state index in [0.29, 0.717) is 42.9 Å². The van der Waals surface area contributed by atoms with E-state index in [2.05, 4.69) is 6.58 Å². The van der Waals surface area contributed by atoms with E-state index >= 15 is 0 Å². The van der Waals surface area contributed by atoms with Gasteiger partial charge in [0.25, 0.3) is 5.91 Å². The summed E-state index contributed by atoms with van der Waals surface area (Å²) in [6, 6.07) is 11.4. The smallest absolute Gasteiger partial charge is 0.416 e. The van der Waals surface area contributed by atoms with E-state index < -0.39 is 18.4 Å². The number of anilines is 2. The molecule has 0 radical (unpaired) electrons. The summed E-state index contributed by atoms with van der Waals surface area (Å²) in [7, 11) is 1.43. The summed E-state index contributed by atoms with van der Waals surface area (Å²) in [5, 5.41) is 23.6. The highest BCUT2D eigenvalue weighted by molar-refractivity contribution is 6.19. The maximum atomic E-state index is 13.6. The van der Waals surface area contributed by atoms with E-state index in [1.807, 2.05) is 24.3 Å². The second-order valence-corrected chi connectivity index (χ2v) is 11.5. The van der Waals surface area contributed by atoms with Crippen LogP contribution >= 0.6 is 11.6 Å². The summed E-state index contributed by atoms with van der Waals surface area (Å²) in [4.78, 5) is 44.5. The highest BCUT2D eigenvalue weighted by Crippen LogP contribution is 2.46. The van der Waals surface area contributed by atoms with E-state index in [9.17, 15) is 24.6 Å². The number of benzene rings is 3. The molecule has 0 aliphatic carbocycles. The van der Waals surface area contributed by atoms with Crippen LogP contribution in [0.25, 0.3) is 10.8 Å². The fraction of sp³-hybridized carbons (Fsp3) is 0.364. The number of carbonyl (C=O) groups is 3. The summed E-state index contributed by atoms with van der Waals surface area (Å²) in [5.74, 6) is 0.117. The minimum absolute atomic E-state index is 0.0230. The first kappa shape index (κ1) is 30.5. The summed E-state index contributed by atoms with van der Waals surface area (Å²) in [6.07, 6.45) is 0.405. The Morgan fingerprint density at radius 1 is 1.13 bits per heavy atom. The van der Waals surface area contributed by atoms with Gasteiger partial charge in [0.2, 0.25) is 5.91 Å². The first-order valence-electron chi connectivity index (χ1n) is 14.8. The number of nitrogens with zero attached hydrogens (tertiary/aromatic N) is 3. The zero-order chi connectivity index (χ0) is 31.8. The number of hydrogen-bond donors (Lipinski definition) is 2. The third-order valence-electron chi connectivity index (χ3n) is 8.67. The molecule has 3 atom stereocenters. The maximum absolute atomic E-state index is 13.6. The van der Waals surface area contributed by atoms with Gasteiger partial charge in [-0.3, -0.25) is 9.59 Å². The number of carbonyl (C=O) groups excluding carboxylic acids is 3. The molecule has 0 saturated carbocycles. The van der Waals surface area contributed by atoms with Crippen molar-refractivity contribution in [2.24, 2.45) is 0 Å². The topological polar surface area (TPSA) is 129 Å². The average molecular weight is 636 g/mol. The summed E-state index contributed by atoms with van der Waals surface area (Å²) < 4.78 is 16.8. The number of hydrogen-bond acceptors (Lipinski definition) is 8. The lowest BCUT2D eigenvalue weighted by Crippen LogP contribution is -2.50. The number of fused-ring (bicyclic) bond motifs is 5. The SMILES string of the molecule is C=CCOC(=O)N1c2cc(OCCC(=O)N3C[C@@H](CCl)c4c3cc(O)c3ccccc43)c(OC)cc2C(=O)N2CCC[C@H]2C1O. The molecule has 3 aromatic rings. The van der Waals surface area contributed by atoms with Gasteiger partial charge >= 0.3 is 6.09 Å². The Kier molecular flexibility index (Phi) is 8.48. The molecule has 3 aliphatic rings.